The number of methoxy groups -OCH3 is 1. The average molecular weight is 288 g/mol. The fourth-order valence-electron chi connectivity index (χ4n) is 3.56. The number of ether oxygens (including phenoxy) is 1. The molecule has 1 amide bonds. The topological polar surface area (TPSA) is 41.6 Å². The molecule has 4 heteroatoms. The third-order valence-electron chi connectivity index (χ3n) is 4.78. The van der Waals surface area contributed by atoms with Crippen molar-refractivity contribution < 1.29 is 9.53 Å². The summed E-state index contributed by atoms with van der Waals surface area (Å²) in [5.41, 5.74) is 2.07. The first-order chi connectivity index (χ1) is 10.2. The SMILES string of the molecule is COCCN1C(=O)C2(CCCC2)NC1c1ccc(C)cc1. The summed E-state index contributed by atoms with van der Waals surface area (Å²) in [6, 6.07) is 8.45. The Bertz CT molecular complexity index is 506. The number of carbonyl (C=O) groups is 1. The molecule has 1 aromatic carbocycles. The van der Waals surface area contributed by atoms with Crippen LogP contribution in [-0.4, -0.2) is 36.6 Å². The highest BCUT2D eigenvalue weighted by atomic mass is 16.5. The summed E-state index contributed by atoms with van der Waals surface area (Å²) in [5, 5.41) is 3.63. The van der Waals surface area contributed by atoms with E-state index in [0.29, 0.717) is 13.2 Å². The first-order valence-electron chi connectivity index (χ1n) is 7.80. The molecular formula is C17H24N2O2. The normalized spacial score (nSPS) is 24.2. The van der Waals surface area contributed by atoms with Crippen molar-refractivity contribution in [1.82, 2.24) is 10.2 Å². The van der Waals surface area contributed by atoms with Gasteiger partial charge < -0.3 is 9.64 Å². The van der Waals surface area contributed by atoms with E-state index in [-0.39, 0.29) is 17.6 Å². The maximum absolute atomic E-state index is 12.9. The fourth-order valence-corrected chi connectivity index (χ4v) is 3.56. The minimum absolute atomic E-state index is 0.0219. The summed E-state index contributed by atoms with van der Waals surface area (Å²) in [7, 11) is 1.68. The van der Waals surface area contributed by atoms with Crippen molar-refractivity contribution in [3.63, 3.8) is 0 Å². The molecule has 1 spiro atoms. The first kappa shape index (κ1) is 14.5. The van der Waals surface area contributed by atoms with Crippen LogP contribution in [0.4, 0.5) is 0 Å². The van der Waals surface area contributed by atoms with Crippen LogP contribution in [0, 0.1) is 6.92 Å². The van der Waals surface area contributed by atoms with Gasteiger partial charge in [0.2, 0.25) is 5.91 Å². The summed E-state index contributed by atoms with van der Waals surface area (Å²) in [5.74, 6) is 0.252. The van der Waals surface area contributed by atoms with Crippen LogP contribution in [0.2, 0.25) is 0 Å². The van der Waals surface area contributed by atoms with E-state index in [0.717, 1.165) is 31.2 Å². The van der Waals surface area contributed by atoms with Crippen LogP contribution in [0.15, 0.2) is 24.3 Å². The van der Waals surface area contributed by atoms with Gasteiger partial charge in [0.1, 0.15) is 6.17 Å². The molecule has 1 aliphatic carbocycles. The number of carbonyl (C=O) groups excluding carboxylic acids is 1. The van der Waals surface area contributed by atoms with Gasteiger partial charge in [0.25, 0.3) is 0 Å². The molecule has 1 atom stereocenters. The zero-order chi connectivity index (χ0) is 14.9. The van der Waals surface area contributed by atoms with E-state index in [9.17, 15) is 4.79 Å². The molecule has 1 saturated heterocycles. The maximum atomic E-state index is 12.9. The summed E-state index contributed by atoms with van der Waals surface area (Å²) in [6.45, 7) is 3.30. The zero-order valence-electron chi connectivity index (χ0n) is 12.9. The molecule has 0 aromatic heterocycles. The van der Waals surface area contributed by atoms with Crippen molar-refractivity contribution in [2.45, 2.75) is 44.3 Å². The molecule has 0 bridgehead atoms. The molecule has 1 saturated carbocycles. The molecule has 1 aromatic rings. The van der Waals surface area contributed by atoms with Gasteiger partial charge >= 0.3 is 0 Å². The van der Waals surface area contributed by atoms with Crippen LogP contribution in [-0.2, 0) is 9.53 Å². The van der Waals surface area contributed by atoms with E-state index < -0.39 is 0 Å². The zero-order valence-corrected chi connectivity index (χ0v) is 12.9. The van der Waals surface area contributed by atoms with Gasteiger partial charge in [-0.05, 0) is 25.3 Å². The van der Waals surface area contributed by atoms with Crippen molar-refractivity contribution in [3.05, 3.63) is 35.4 Å². The second-order valence-electron chi connectivity index (χ2n) is 6.24. The highest BCUT2D eigenvalue weighted by Gasteiger charge is 2.52. The van der Waals surface area contributed by atoms with Gasteiger partial charge in [0, 0.05) is 13.7 Å². The lowest BCUT2D eigenvalue weighted by Crippen LogP contribution is -2.44. The lowest BCUT2D eigenvalue weighted by molar-refractivity contribution is -0.133. The maximum Gasteiger partial charge on any atom is 0.244 e. The lowest BCUT2D eigenvalue weighted by Gasteiger charge is -2.24. The Labute approximate surface area is 126 Å². The third kappa shape index (κ3) is 2.58. The molecule has 1 heterocycles. The second-order valence-corrected chi connectivity index (χ2v) is 6.24. The van der Waals surface area contributed by atoms with Crippen LogP contribution in [0.5, 0.6) is 0 Å². The predicted molar refractivity (Wildman–Crippen MR) is 81.8 cm³/mol. The van der Waals surface area contributed by atoms with Gasteiger partial charge in [-0.15, -0.1) is 0 Å². The van der Waals surface area contributed by atoms with E-state index >= 15 is 0 Å². The molecule has 2 aliphatic rings. The van der Waals surface area contributed by atoms with Gasteiger partial charge in [-0.3, -0.25) is 10.1 Å². The van der Waals surface area contributed by atoms with Crippen molar-refractivity contribution in [2.75, 3.05) is 20.3 Å². The fraction of sp³-hybridized carbons (Fsp3) is 0.588. The van der Waals surface area contributed by atoms with Crippen molar-refractivity contribution in [2.24, 2.45) is 0 Å². The van der Waals surface area contributed by atoms with E-state index in [1.54, 1.807) is 7.11 Å². The number of benzene rings is 1. The molecule has 4 nitrogen and oxygen atoms in total. The average Bonchev–Trinajstić information content (AvgIpc) is 3.06. The first-order valence-corrected chi connectivity index (χ1v) is 7.80. The largest absolute Gasteiger partial charge is 0.383 e. The van der Waals surface area contributed by atoms with Gasteiger partial charge in [0.15, 0.2) is 0 Å². The summed E-state index contributed by atoms with van der Waals surface area (Å²) in [4.78, 5) is 14.9. The van der Waals surface area contributed by atoms with Crippen molar-refractivity contribution in [1.29, 1.82) is 0 Å². The monoisotopic (exact) mass is 288 g/mol. The number of amides is 1. The van der Waals surface area contributed by atoms with Gasteiger partial charge in [-0.1, -0.05) is 42.7 Å². The van der Waals surface area contributed by atoms with E-state index in [1.807, 2.05) is 4.90 Å². The highest BCUT2D eigenvalue weighted by molar-refractivity contribution is 5.89. The number of hydrogen-bond donors (Lipinski definition) is 1. The number of hydrogen-bond acceptors (Lipinski definition) is 3. The number of rotatable bonds is 4. The molecule has 3 rings (SSSR count). The third-order valence-corrected chi connectivity index (χ3v) is 4.78. The standard InChI is InChI=1S/C17H24N2O2/c1-13-5-7-14(8-6-13)15-18-17(9-3-4-10-17)16(20)19(15)11-12-21-2/h5-8,15,18H,3-4,9-12H2,1-2H3. The quantitative estimate of drug-likeness (QED) is 0.925. The van der Waals surface area contributed by atoms with Crippen molar-refractivity contribution >= 4 is 5.91 Å². The summed E-state index contributed by atoms with van der Waals surface area (Å²) < 4.78 is 5.18. The second kappa shape index (κ2) is 5.78. The number of aryl methyl sites for hydroxylation is 1. The Kier molecular flexibility index (Phi) is 4.00. The van der Waals surface area contributed by atoms with Gasteiger partial charge in [-0.2, -0.15) is 0 Å². The van der Waals surface area contributed by atoms with Crippen molar-refractivity contribution in [3.8, 4) is 0 Å². The molecule has 1 N–H and O–H groups in total. The minimum Gasteiger partial charge on any atom is -0.383 e. The molecule has 0 radical (unpaired) electrons. The smallest absolute Gasteiger partial charge is 0.244 e. The molecule has 114 valence electrons. The Morgan fingerprint density at radius 1 is 1.29 bits per heavy atom. The Morgan fingerprint density at radius 2 is 1.95 bits per heavy atom. The lowest BCUT2D eigenvalue weighted by atomic mass is 9.98. The van der Waals surface area contributed by atoms with E-state index in [4.69, 9.17) is 4.74 Å². The van der Waals surface area contributed by atoms with Crippen LogP contribution in [0.25, 0.3) is 0 Å². The highest BCUT2D eigenvalue weighted by Crippen LogP contribution is 2.40. The Balaban J connectivity index is 1.88. The van der Waals surface area contributed by atoms with Crippen LogP contribution in [0.3, 0.4) is 0 Å². The van der Waals surface area contributed by atoms with E-state index in [2.05, 4.69) is 36.5 Å². The molecular weight excluding hydrogens is 264 g/mol. The molecule has 2 fully saturated rings. The van der Waals surface area contributed by atoms with Gasteiger partial charge in [0.05, 0.1) is 12.1 Å². The summed E-state index contributed by atoms with van der Waals surface area (Å²) in [6.07, 6.45) is 4.16. The number of nitrogens with one attached hydrogen (secondary N) is 1. The van der Waals surface area contributed by atoms with Crippen LogP contribution < -0.4 is 5.32 Å². The molecule has 21 heavy (non-hydrogen) atoms. The number of nitrogens with zero attached hydrogens (tertiary/aromatic N) is 1. The van der Waals surface area contributed by atoms with Crippen LogP contribution >= 0.6 is 0 Å². The molecule has 1 aliphatic heterocycles. The summed E-state index contributed by atoms with van der Waals surface area (Å²) >= 11 is 0. The minimum atomic E-state index is -0.330. The predicted octanol–water partition coefficient (Wildman–Crippen LogP) is 2.38. The Morgan fingerprint density at radius 3 is 2.57 bits per heavy atom. The van der Waals surface area contributed by atoms with E-state index in [1.165, 1.54) is 5.56 Å². The Hall–Kier alpha value is -1.39. The van der Waals surface area contributed by atoms with Crippen LogP contribution in [0.1, 0.15) is 43.0 Å². The molecule has 1 unspecified atom stereocenters. The van der Waals surface area contributed by atoms with Gasteiger partial charge in [-0.25, -0.2) is 0 Å².